The Labute approximate surface area is 222 Å². The number of carbonyl (C=O) groups excluding carboxylic acids is 1. The van der Waals surface area contributed by atoms with Gasteiger partial charge in [-0.3, -0.25) is 4.90 Å². The molecule has 6 rings (SSSR count). The van der Waals surface area contributed by atoms with Crippen LogP contribution in [0.1, 0.15) is 36.6 Å². The molecule has 0 saturated carbocycles. The van der Waals surface area contributed by atoms with Crippen LogP contribution in [0.3, 0.4) is 0 Å². The van der Waals surface area contributed by atoms with Crippen molar-refractivity contribution < 1.29 is 4.79 Å². The van der Waals surface area contributed by atoms with Crippen LogP contribution in [0.15, 0.2) is 66.9 Å². The largest absolute Gasteiger partial charge is 0.322 e. The third kappa shape index (κ3) is 4.49. The molecular formula is C30H32ClN5O. The minimum atomic E-state index is 0.0350. The lowest BCUT2D eigenvalue weighted by Crippen LogP contribution is -2.56. The number of halogens is 1. The maximum absolute atomic E-state index is 13.5. The van der Waals surface area contributed by atoms with Gasteiger partial charge < -0.3 is 14.6 Å². The highest BCUT2D eigenvalue weighted by molar-refractivity contribution is 6.30. The maximum Gasteiger partial charge on any atom is 0.322 e. The van der Waals surface area contributed by atoms with Crippen LogP contribution in [-0.4, -0.2) is 50.4 Å². The number of amides is 2. The minimum Gasteiger partial charge on any atom is -0.316 e. The fourth-order valence-electron chi connectivity index (χ4n) is 6.07. The summed E-state index contributed by atoms with van der Waals surface area (Å²) in [7, 11) is 0. The van der Waals surface area contributed by atoms with Crippen molar-refractivity contribution >= 4 is 29.0 Å². The van der Waals surface area contributed by atoms with Gasteiger partial charge in [0.2, 0.25) is 0 Å². The number of hydrogen-bond acceptors (Lipinski definition) is 3. The molecule has 4 heterocycles. The molecule has 0 aliphatic carbocycles. The van der Waals surface area contributed by atoms with E-state index in [0.29, 0.717) is 0 Å². The standard InChI is InChI=1S/C30H32ClN5O/c1-3-21-8-6-7-20(2)28(21)33-30(37)36-24-14-15-25(36)18-34(17-24)19-26-29(22-10-12-23(31)13-11-22)32-27-9-4-5-16-35(26)27/h4-13,16,24-25H,3,14-15,17-19H2,1-2H3,(H,33,37). The van der Waals surface area contributed by atoms with Gasteiger partial charge in [-0.05, 0) is 61.6 Å². The van der Waals surface area contributed by atoms with Crippen LogP contribution in [0.25, 0.3) is 16.9 Å². The maximum atomic E-state index is 13.5. The van der Waals surface area contributed by atoms with E-state index in [-0.39, 0.29) is 18.1 Å². The third-order valence-corrected chi connectivity index (χ3v) is 8.14. The number of piperazine rings is 1. The molecule has 2 amide bonds. The number of aromatic nitrogens is 2. The molecule has 37 heavy (non-hydrogen) atoms. The lowest BCUT2D eigenvalue weighted by molar-refractivity contribution is 0.0894. The quantitative estimate of drug-likeness (QED) is 0.335. The number of hydrogen-bond donors (Lipinski definition) is 1. The van der Waals surface area contributed by atoms with Crippen LogP contribution in [0.4, 0.5) is 10.5 Å². The Morgan fingerprint density at radius 1 is 1.03 bits per heavy atom. The Morgan fingerprint density at radius 2 is 1.78 bits per heavy atom. The van der Waals surface area contributed by atoms with Crippen LogP contribution in [-0.2, 0) is 13.0 Å². The van der Waals surface area contributed by atoms with E-state index >= 15 is 0 Å². The summed E-state index contributed by atoms with van der Waals surface area (Å²) in [5.41, 5.74) is 7.42. The molecule has 2 fully saturated rings. The second kappa shape index (κ2) is 9.84. The average molecular weight is 514 g/mol. The van der Waals surface area contributed by atoms with Crippen LogP contribution < -0.4 is 5.32 Å². The number of pyridine rings is 1. The summed E-state index contributed by atoms with van der Waals surface area (Å²) < 4.78 is 2.19. The highest BCUT2D eigenvalue weighted by Crippen LogP contribution is 2.34. The van der Waals surface area contributed by atoms with Crippen molar-refractivity contribution in [3.63, 3.8) is 0 Å². The molecule has 190 valence electrons. The number of carbonyl (C=O) groups is 1. The Hall–Kier alpha value is -3.35. The smallest absolute Gasteiger partial charge is 0.316 e. The van der Waals surface area contributed by atoms with Gasteiger partial charge in [0, 0.05) is 54.2 Å². The van der Waals surface area contributed by atoms with Crippen molar-refractivity contribution in [2.24, 2.45) is 0 Å². The number of nitrogens with one attached hydrogen (secondary N) is 1. The predicted octanol–water partition coefficient (Wildman–Crippen LogP) is 6.41. The number of anilines is 1. The van der Waals surface area contributed by atoms with E-state index in [0.717, 1.165) is 72.1 Å². The number of rotatable bonds is 5. The van der Waals surface area contributed by atoms with Crippen LogP contribution in [0.5, 0.6) is 0 Å². The van der Waals surface area contributed by atoms with Gasteiger partial charge in [-0.2, -0.15) is 0 Å². The molecule has 2 atom stereocenters. The second-order valence-corrected chi connectivity index (χ2v) is 10.7. The molecule has 0 radical (unpaired) electrons. The van der Waals surface area contributed by atoms with Gasteiger partial charge in [-0.25, -0.2) is 9.78 Å². The molecule has 0 spiro atoms. The van der Waals surface area contributed by atoms with Crippen molar-refractivity contribution in [2.75, 3.05) is 18.4 Å². The minimum absolute atomic E-state index is 0.0350. The summed E-state index contributed by atoms with van der Waals surface area (Å²) in [5, 5.41) is 3.98. The Balaban J connectivity index is 1.23. The zero-order valence-corrected chi connectivity index (χ0v) is 22.1. The van der Waals surface area contributed by atoms with E-state index in [4.69, 9.17) is 16.6 Å². The van der Waals surface area contributed by atoms with Gasteiger partial charge in [0.25, 0.3) is 0 Å². The highest BCUT2D eigenvalue weighted by atomic mass is 35.5. The highest BCUT2D eigenvalue weighted by Gasteiger charge is 2.43. The fourth-order valence-corrected chi connectivity index (χ4v) is 6.20. The van der Waals surface area contributed by atoms with Gasteiger partial charge >= 0.3 is 6.03 Å². The van der Waals surface area contributed by atoms with Gasteiger partial charge in [-0.15, -0.1) is 0 Å². The number of imidazole rings is 1. The molecule has 2 aliphatic rings. The van der Waals surface area contributed by atoms with Crippen molar-refractivity contribution in [1.29, 1.82) is 0 Å². The number of likely N-dealkylation sites (tertiary alicyclic amines) is 1. The molecular weight excluding hydrogens is 482 g/mol. The fraction of sp³-hybridized carbons (Fsp3) is 0.333. The molecule has 6 nitrogen and oxygen atoms in total. The SMILES string of the molecule is CCc1cccc(C)c1NC(=O)N1C2CCC1CN(Cc1c(-c3ccc(Cl)cc3)nc3ccccn13)C2. The van der Waals surface area contributed by atoms with Gasteiger partial charge in [-0.1, -0.05) is 54.9 Å². The van der Waals surface area contributed by atoms with Crippen LogP contribution in [0, 0.1) is 6.92 Å². The van der Waals surface area contributed by atoms with Gasteiger partial charge in [0.1, 0.15) is 5.65 Å². The van der Waals surface area contributed by atoms with Gasteiger partial charge in [0.15, 0.2) is 0 Å². The molecule has 2 aromatic carbocycles. The number of aryl methyl sites for hydroxylation is 2. The van der Waals surface area contributed by atoms with E-state index in [1.807, 2.05) is 42.5 Å². The van der Waals surface area contributed by atoms with Crippen LogP contribution in [0.2, 0.25) is 5.02 Å². The number of nitrogens with zero attached hydrogens (tertiary/aromatic N) is 4. The summed E-state index contributed by atoms with van der Waals surface area (Å²) in [6, 6.07) is 20.7. The molecule has 2 bridgehead atoms. The number of para-hydroxylation sites is 1. The third-order valence-electron chi connectivity index (χ3n) is 7.88. The summed E-state index contributed by atoms with van der Waals surface area (Å²) in [6.45, 7) is 6.70. The molecule has 2 aliphatic heterocycles. The zero-order chi connectivity index (χ0) is 25.5. The topological polar surface area (TPSA) is 52.9 Å². The first kappa shape index (κ1) is 24.0. The number of urea groups is 1. The molecule has 7 heteroatoms. The summed E-state index contributed by atoms with van der Waals surface area (Å²) in [4.78, 5) is 23.1. The van der Waals surface area contributed by atoms with E-state index in [1.165, 1.54) is 11.3 Å². The number of benzene rings is 2. The monoisotopic (exact) mass is 513 g/mol. The molecule has 2 saturated heterocycles. The van der Waals surface area contributed by atoms with Crippen molar-refractivity contribution in [3.8, 4) is 11.3 Å². The molecule has 2 unspecified atom stereocenters. The lowest BCUT2D eigenvalue weighted by Gasteiger charge is -2.41. The number of fused-ring (bicyclic) bond motifs is 3. The van der Waals surface area contributed by atoms with E-state index in [9.17, 15) is 4.79 Å². The van der Waals surface area contributed by atoms with Crippen molar-refractivity contribution in [2.45, 2.75) is 51.7 Å². The van der Waals surface area contributed by atoms with E-state index < -0.39 is 0 Å². The molecule has 1 N–H and O–H groups in total. The van der Waals surface area contributed by atoms with Crippen molar-refractivity contribution in [1.82, 2.24) is 19.2 Å². The first-order chi connectivity index (χ1) is 18.0. The summed E-state index contributed by atoms with van der Waals surface area (Å²) in [5.74, 6) is 0. The van der Waals surface area contributed by atoms with E-state index in [1.54, 1.807) is 0 Å². The average Bonchev–Trinajstić information content (AvgIpc) is 3.40. The normalized spacial score (nSPS) is 19.5. The lowest BCUT2D eigenvalue weighted by atomic mass is 10.1. The van der Waals surface area contributed by atoms with Crippen LogP contribution >= 0.6 is 11.6 Å². The molecule has 4 aromatic rings. The predicted molar refractivity (Wildman–Crippen MR) is 149 cm³/mol. The summed E-state index contributed by atoms with van der Waals surface area (Å²) >= 11 is 6.16. The first-order valence-electron chi connectivity index (χ1n) is 13.1. The van der Waals surface area contributed by atoms with E-state index in [2.05, 4.69) is 57.8 Å². The Morgan fingerprint density at radius 3 is 2.51 bits per heavy atom. The Kier molecular flexibility index (Phi) is 6.39. The summed E-state index contributed by atoms with van der Waals surface area (Å²) in [6.07, 6.45) is 5.07. The Bertz CT molecular complexity index is 1430. The zero-order valence-electron chi connectivity index (χ0n) is 21.3. The second-order valence-electron chi connectivity index (χ2n) is 10.2. The molecule has 2 aromatic heterocycles. The van der Waals surface area contributed by atoms with Gasteiger partial charge in [0.05, 0.1) is 11.4 Å². The first-order valence-corrected chi connectivity index (χ1v) is 13.5. The van der Waals surface area contributed by atoms with Crippen molar-refractivity contribution in [3.05, 3.63) is 88.7 Å².